The fraction of sp³-hybridized carbons (Fsp3) is 0.0526. The van der Waals surface area contributed by atoms with Crippen LogP contribution >= 0.6 is 35.0 Å². The van der Waals surface area contributed by atoms with Crippen LogP contribution in [0, 0.1) is 0 Å². The number of hydrogen-bond donors (Lipinski definition) is 1. The minimum Gasteiger partial charge on any atom is -0.358 e. The highest BCUT2D eigenvalue weighted by molar-refractivity contribution is 7.98. The lowest BCUT2D eigenvalue weighted by Crippen LogP contribution is -2.27. The van der Waals surface area contributed by atoms with E-state index in [1.165, 1.54) is 11.8 Å². The molecule has 25 heavy (non-hydrogen) atoms. The van der Waals surface area contributed by atoms with Crippen LogP contribution in [0.1, 0.15) is 5.69 Å². The first-order valence-corrected chi connectivity index (χ1v) is 9.58. The summed E-state index contributed by atoms with van der Waals surface area (Å²) in [5.74, 6) is 0. The van der Waals surface area contributed by atoms with E-state index in [1.807, 2.05) is 54.9 Å². The minimum atomic E-state index is 0.654. The molecule has 3 aromatic rings. The van der Waals surface area contributed by atoms with Gasteiger partial charge in [-0.25, -0.2) is 9.97 Å². The van der Waals surface area contributed by atoms with Crippen molar-refractivity contribution in [2.75, 3.05) is 11.6 Å². The van der Waals surface area contributed by atoms with Crippen LogP contribution in [0.5, 0.6) is 0 Å². The van der Waals surface area contributed by atoms with Crippen LogP contribution in [0.3, 0.4) is 0 Å². The molecule has 2 heterocycles. The first-order valence-electron chi connectivity index (χ1n) is 7.59. The fourth-order valence-corrected chi connectivity index (χ4v) is 3.63. The van der Waals surface area contributed by atoms with Crippen molar-refractivity contribution in [1.29, 1.82) is 0 Å². The Morgan fingerprint density at radius 2 is 1.92 bits per heavy atom. The summed E-state index contributed by atoms with van der Waals surface area (Å²) in [6, 6.07) is 11.6. The second kappa shape index (κ2) is 6.71. The first-order chi connectivity index (χ1) is 12.2. The van der Waals surface area contributed by atoms with Crippen LogP contribution in [0.4, 0.5) is 5.69 Å². The van der Waals surface area contributed by atoms with Crippen molar-refractivity contribution in [3.05, 3.63) is 68.8 Å². The van der Waals surface area contributed by atoms with Gasteiger partial charge in [0.2, 0.25) is 0 Å². The molecule has 0 saturated carbocycles. The molecule has 2 aromatic carbocycles. The van der Waals surface area contributed by atoms with Crippen LogP contribution in [0.2, 0.25) is 10.0 Å². The number of fused-ring (bicyclic) bond motifs is 2. The van der Waals surface area contributed by atoms with E-state index in [2.05, 4.69) is 15.3 Å². The van der Waals surface area contributed by atoms with Gasteiger partial charge in [0.05, 0.1) is 17.6 Å². The Kier molecular flexibility index (Phi) is 4.42. The molecule has 3 nitrogen and oxygen atoms in total. The molecule has 0 bridgehead atoms. The highest BCUT2D eigenvalue weighted by Gasteiger charge is 2.11. The van der Waals surface area contributed by atoms with E-state index in [0.29, 0.717) is 10.0 Å². The highest BCUT2D eigenvalue weighted by atomic mass is 35.5. The SMILES string of the molecule is CSc1ncc2c(n1)C=c1cc(Cl)cc(-c3ccccc3Cl)c1=CN2. The number of rotatable bonds is 2. The maximum Gasteiger partial charge on any atom is 0.187 e. The lowest BCUT2D eigenvalue weighted by Gasteiger charge is -2.07. The van der Waals surface area contributed by atoms with Crippen LogP contribution in [0.25, 0.3) is 23.4 Å². The predicted molar refractivity (Wildman–Crippen MR) is 107 cm³/mol. The number of anilines is 1. The van der Waals surface area contributed by atoms with Gasteiger partial charge < -0.3 is 5.32 Å². The van der Waals surface area contributed by atoms with Gasteiger partial charge in [-0.05, 0) is 41.3 Å². The molecular weight excluding hydrogens is 373 g/mol. The molecule has 0 spiro atoms. The van der Waals surface area contributed by atoms with Gasteiger partial charge in [-0.3, -0.25) is 0 Å². The Morgan fingerprint density at radius 1 is 1.08 bits per heavy atom. The molecular formula is C19H13Cl2N3S. The lowest BCUT2D eigenvalue weighted by atomic mass is 10.0. The molecule has 124 valence electrons. The molecule has 4 rings (SSSR count). The van der Waals surface area contributed by atoms with E-state index >= 15 is 0 Å². The van der Waals surface area contributed by atoms with Gasteiger partial charge in [0.15, 0.2) is 5.16 Å². The number of thioether (sulfide) groups is 1. The van der Waals surface area contributed by atoms with Gasteiger partial charge in [-0.2, -0.15) is 0 Å². The Morgan fingerprint density at radius 3 is 2.72 bits per heavy atom. The molecule has 1 aliphatic rings. The van der Waals surface area contributed by atoms with Crippen LogP contribution in [-0.4, -0.2) is 16.2 Å². The summed E-state index contributed by atoms with van der Waals surface area (Å²) in [6.45, 7) is 0. The van der Waals surface area contributed by atoms with Gasteiger partial charge >= 0.3 is 0 Å². The standard InChI is InChI=1S/C19H13Cl2N3S/c1-25-19-23-10-18-17(24-19)7-11-6-12(20)8-14(15(11)9-22-18)13-4-2-3-5-16(13)21/h2-10,22H,1H3. The number of nitrogens with zero attached hydrogens (tertiary/aromatic N) is 2. The summed E-state index contributed by atoms with van der Waals surface area (Å²) in [6.07, 6.45) is 7.73. The van der Waals surface area contributed by atoms with E-state index in [-0.39, 0.29) is 0 Å². The third-order valence-corrected chi connectivity index (χ3v) is 5.09. The fourth-order valence-electron chi connectivity index (χ4n) is 2.82. The quantitative estimate of drug-likeness (QED) is 0.530. The van der Waals surface area contributed by atoms with Crippen molar-refractivity contribution >= 4 is 52.9 Å². The zero-order valence-electron chi connectivity index (χ0n) is 13.3. The molecule has 0 radical (unpaired) electrons. The Bertz CT molecular complexity index is 1100. The molecule has 0 atom stereocenters. The second-order valence-corrected chi connectivity index (χ2v) is 7.14. The third-order valence-electron chi connectivity index (χ3n) is 3.98. The van der Waals surface area contributed by atoms with Gasteiger partial charge in [-0.1, -0.05) is 53.2 Å². The smallest absolute Gasteiger partial charge is 0.187 e. The lowest BCUT2D eigenvalue weighted by molar-refractivity contribution is 0.964. The van der Waals surface area contributed by atoms with Crippen molar-refractivity contribution in [3.8, 4) is 11.1 Å². The summed E-state index contributed by atoms with van der Waals surface area (Å²) in [5, 5.41) is 7.38. The first kappa shape index (κ1) is 16.5. The van der Waals surface area contributed by atoms with Crippen LogP contribution < -0.4 is 15.8 Å². The highest BCUT2D eigenvalue weighted by Crippen LogP contribution is 2.27. The summed E-state index contributed by atoms with van der Waals surface area (Å²) in [4.78, 5) is 8.91. The Hall–Kier alpha value is -2.01. The zero-order valence-corrected chi connectivity index (χ0v) is 15.6. The Balaban J connectivity index is 2.02. The Labute approximate surface area is 159 Å². The van der Waals surface area contributed by atoms with Crippen molar-refractivity contribution < 1.29 is 0 Å². The van der Waals surface area contributed by atoms with Crippen molar-refractivity contribution in [2.45, 2.75) is 5.16 Å². The maximum absolute atomic E-state index is 6.41. The normalized spacial score (nSPS) is 12.1. The number of aromatic nitrogens is 2. The van der Waals surface area contributed by atoms with E-state index in [9.17, 15) is 0 Å². The summed E-state index contributed by atoms with van der Waals surface area (Å²) in [5.41, 5.74) is 3.61. The van der Waals surface area contributed by atoms with Crippen molar-refractivity contribution in [3.63, 3.8) is 0 Å². The largest absolute Gasteiger partial charge is 0.358 e. The monoisotopic (exact) mass is 385 g/mol. The average molecular weight is 386 g/mol. The molecule has 0 saturated heterocycles. The molecule has 0 unspecified atom stereocenters. The van der Waals surface area contributed by atoms with E-state index < -0.39 is 0 Å². The minimum absolute atomic E-state index is 0.654. The average Bonchev–Trinajstić information content (AvgIpc) is 2.79. The number of hydrogen-bond acceptors (Lipinski definition) is 4. The predicted octanol–water partition coefficient (Wildman–Crippen LogP) is 4.16. The van der Waals surface area contributed by atoms with Crippen LogP contribution in [0.15, 0.2) is 47.8 Å². The molecule has 1 N–H and O–H groups in total. The molecule has 0 fully saturated rings. The summed E-state index contributed by atoms with van der Waals surface area (Å²) < 4.78 is 0. The number of benzene rings is 2. The molecule has 1 aliphatic heterocycles. The molecule has 1 aromatic heterocycles. The van der Waals surface area contributed by atoms with E-state index in [4.69, 9.17) is 23.2 Å². The second-order valence-electron chi connectivity index (χ2n) is 5.52. The molecule has 0 aliphatic carbocycles. The van der Waals surface area contributed by atoms with Crippen molar-refractivity contribution in [1.82, 2.24) is 9.97 Å². The maximum atomic E-state index is 6.41. The number of halogens is 2. The van der Waals surface area contributed by atoms with Gasteiger partial charge in [0.25, 0.3) is 0 Å². The van der Waals surface area contributed by atoms with Crippen LogP contribution in [-0.2, 0) is 0 Å². The molecule has 0 amide bonds. The summed E-state index contributed by atoms with van der Waals surface area (Å²) >= 11 is 14.3. The van der Waals surface area contributed by atoms with E-state index in [0.717, 1.165) is 38.1 Å². The summed E-state index contributed by atoms with van der Waals surface area (Å²) in [7, 11) is 0. The van der Waals surface area contributed by atoms with Gasteiger partial charge in [0, 0.05) is 27.0 Å². The third kappa shape index (κ3) is 3.13. The van der Waals surface area contributed by atoms with Gasteiger partial charge in [0.1, 0.15) is 0 Å². The van der Waals surface area contributed by atoms with E-state index in [1.54, 1.807) is 6.20 Å². The topological polar surface area (TPSA) is 37.8 Å². The van der Waals surface area contributed by atoms with Gasteiger partial charge in [-0.15, -0.1) is 0 Å². The zero-order chi connectivity index (χ0) is 17.4. The number of nitrogens with one attached hydrogen (secondary N) is 1. The van der Waals surface area contributed by atoms with Crippen molar-refractivity contribution in [2.24, 2.45) is 0 Å². The molecule has 6 heteroatoms.